The Morgan fingerprint density at radius 2 is 2.09 bits per heavy atom. The van der Waals surface area contributed by atoms with E-state index < -0.39 is 0 Å². The van der Waals surface area contributed by atoms with Crippen LogP contribution in [-0.4, -0.2) is 20.4 Å². The summed E-state index contributed by atoms with van der Waals surface area (Å²) < 4.78 is 7.32. The van der Waals surface area contributed by atoms with E-state index in [2.05, 4.69) is 15.3 Å². The van der Waals surface area contributed by atoms with E-state index in [0.717, 1.165) is 22.7 Å². The third kappa shape index (κ3) is 3.01. The molecule has 0 fully saturated rings. The highest BCUT2D eigenvalue weighted by Gasteiger charge is 2.18. The third-order valence-corrected chi connectivity index (χ3v) is 3.82. The minimum Gasteiger partial charge on any atom is -0.466 e. The van der Waals surface area contributed by atoms with Gasteiger partial charge in [-0.25, -0.2) is 9.97 Å². The van der Waals surface area contributed by atoms with Crippen LogP contribution in [0.3, 0.4) is 0 Å². The number of nitrogens with one attached hydrogen (secondary N) is 1. The predicted molar refractivity (Wildman–Crippen MR) is 85.4 cm³/mol. The van der Waals surface area contributed by atoms with Gasteiger partial charge in [-0.1, -0.05) is 6.07 Å². The van der Waals surface area contributed by atoms with Gasteiger partial charge in [0.2, 0.25) is 0 Å². The fourth-order valence-electron chi connectivity index (χ4n) is 2.47. The predicted octanol–water partition coefficient (Wildman–Crippen LogP) is 2.72. The molecule has 3 aromatic rings. The number of hydrogen-bond acceptors (Lipinski definition) is 4. The molecular weight excluding hydrogens is 292 g/mol. The molecule has 0 spiro atoms. The maximum atomic E-state index is 12.3. The summed E-state index contributed by atoms with van der Waals surface area (Å²) in [5, 5.41) is 2.91. The first kappa shape index (κ1) is 15.0. The Bertz CT molecular complexity index is 817. The second-order valence-electron chi connectivity index (χ2n) is 5.39. The number of nitrogens with zero attached hydrogens (tertiary/aromatic N) is 3. The molecule has 23 heavy (non-hydrogen) atoms. The number of aryl methyl sites for hydroxylation is 2. The summed E-state index contributed by atoms with van der Waals surface area (Å²) in [6.07, 6.45) is 6.97. The van der Waals surface area contributed by atoms with Crippen LogP contribution >= 0.6 is 0 Å². The SMILES string of the molecule is Cc1oc(C)c(C(=O)NCc2ccc(-n3ccnc3)nc2)c1C. The topological polar surface area (TPSA) is 73.0 Å². The molecule has 0 radical (unpaired) electrons. The molecule has 1 N–H and O–H groups in total. The van der Waals surface area contributed by atoms with Gasteiger partial charge in [-0.2, -0.15) is 0 Å². The van der Waals surface area contributed by atoms with Gasteiger partial charge in [0.05, 0.1) is 5.56 Å². The number of aromatic nitrogens is 3. The smallest absolute Gasteiger partial charge is 0.255 e. The van der Waals surface area contributed by atoms with Crippen molar-refractivity contribution in [2.45, 2.75) is 27.3 Å². The lowest BCUT2D eigenvalue weighted by Crippen LogP contribution is -2.23. The number of furan rings is 1. The van der Waals surface area contributed by atoms with Gasteiger partial charge >= 0.3 is 0 Å². The molecule has 3 aromatic heterocycles. The summed E-state index contributed by atoms with van der Waals surface area (Å²) in [7, 11) is 0. The van der Waals surface area contributed by atoms with Crippen molar-refractivity contribution in [3.05, 3.63) is 65.3 Å². The standard InChI is InChI=1S/C17H18N4O2/c1-11-12(2)23-13(3)16(11)17(22)20-9-14-4-5-15(19-8-14)21-7-6-18-10-21/h4-8,10H,9H2,1-3H3,(H,20,22). The molecule has 0 aliphatic rings. The van der Waals surface area contributed by atoms with E-state index in [1.54, 1.807) is 25.6 Å². The molecule has 6 nitrogen and oxygen atoms in total. The molecule has 0 aliphatic carbocycles. The van der Waals surface area contributed by atoms with Crippen molar-refractivity contribution < 1.29 is 9.21 Å². The van der Waals surface area contributed by atoms with E-state index in [1.807, 2.05) is 36.7 Å². The van der Waals surface area contributed by atoms with Crippen LogP contribution in [-0.2, 0) is 6.54 Å². The van der Waals surface area contributed by atoms with E-state index in [4.69, 9.17) is 4.42 Å². The number of imidazole rings is 1. The van der Waals surface area contributed by atoms with Crippen LogP contribution in [0.5, 0.6) is 0 Å². The zero-order valence-electron chi connectivity index (χ0n) is 13.3. The first-order chi connectivity index (χ1) is 11.1. The van der Waals surface area contributed by atoms with Gasteiger partial charge in [0.1, 0.15) is 23.7 Å². The van der Waals surface area contributed by atoms with E-state index in [0.29, 0.717) is 17.9 Å². The Morgan fingerprint density at radius 1 is 1.26 bits per heavy atom. The molecule has 0 saturated heterocycles. The zero-order valence-corrected chi connectivity index (χ0v) is 13.3. The molecule has 6 heteroatoms. The Balaban J connectivity index is 1.67. The van der Waals surface area contributed by atoms with Crippen LogP contribution < -0.4 is 5.32 Å². The fourth-order valence-corrected chi connectivity index (χ4v) is 2.47. The number of amides is 1. The second kappa shape index (κ2) is 6.08. The molecule has 0 aromatic carbocycles. The van der Waals surface area contributed by atoms with Gasteiger partial charge < -0.3 is 9.73 Å². The van der Waals surface area contributed by atoms with Gasteiger partial charge in [-0.05, 0) is 32.4 Å². The second-order valence-corrected chi connectivity index (χ2v) is 5.39. The highest BCUT2D eigenvalue weighted by Crippen LogP contribution is 2.20. The number of carbonyl (C=O) groups excluding carboxylic acids is 1. The minimum atomic E-state index is -0.129. The van der Waals surface area contributed by atoms with Crippen LogP contribution in [0.15, 0.2) is 41.5 Å². The number of hydrogen-bond donors (Lipinski definition) is 1. The highest BCUT2D eigenvalue weighted by atomic mass is 16.3. The van der Waals surface area contributed by atoms with Gasteiger partial charge in [-0.15, -0.1) is 0 Å². The molecular formula is C17H18N4O2. The summed E-state index contributed by atoms with van der Waals surface area (Å²) in [5.74, 6) is 2.08. The summed E-state index contributed by atoms with van der Waals surface area (Å²) in [6, 6.07) is 3.82. The van der Waals surface area contributed by atoms with Crippen molar-refractivity contribution in [3.8, 4) is 5.82 Å². The lowest BCUT2D eigenvalue weighted by molar-refractivity contribution is 0.0949. The van der Waals surface area contributed by atoms with Crippen molar-refractivity contribution in [2.24, 2.45) is 0 Å². The lowest BCUT2D eigenvalue weighted by atomic mass is 10.1. The van der Waals surface area contributed by atoms with E-state index >= 15 is 0 Å². The van der Waals surface area contributed by atoms with Crippen LogP contribution in [0.4, 0.5) is 0 Å². The average molecular weight is 310 g/mol. The molecule has 3 rings (SSSR count). The van der Waals surface area contributed by atoms with Crippen molar-refractivity contribution in [3.63, 3.8) is 0 Å². The largest absolute Gasteiger partial charge is 0.466 e. The van der Waals surface area contributed by atoms with Crippen LogP contribution in [0, 0.1) is 20.8 Å². The van der Waals surface area contributed by atoms with Gasteiger partial charge in [0.15, 0.2) is 0 Å². The molecule has 0 atom stereocenters. The number of carbonyl (C=O) groups is 1. The summed E-state index contributed by atoms with van der Waals surface area (Å²) in [4.78, 5) is 20.7. The third-order valence-electron chi connectivity index (χ3n) is 3.82. The van der Waals surface area contributed by atoms with Crippen LogP contribution in [0.1, 0.15) is 33.0 Å². The summed E-state index contributed by atoms with van der Waals surface area (Å²) in [6.45, 7) is 5.97. The number of pyridine rings is 1. The van der Waals surface area contributed by atoms with Crippen LogP contribution in [0.2, 0.25) is 0 Å². The molecule has 1 amide bonds. The molecule has 118 valence electrons. The van der Waals surface area contributed by atoms with E-state index in [9.17, 15) is 4.79 Å². The zero-order chi connectivity index (χ0) is 16.4. The van der Waals surface area contributed by atoms with Crippen molar-refractivity contribution in [2.75, 3.05) is 0 Å². The molecule has 3 heterocycles. The Labute approximate surface area is 134 Å². The minimum absolute atomic E-state index is 0.129. The first-order valence-corrected chi connectivity index (χ1v) is 7.34. The van der Waals surface area contributed by atoms with Crippen molar-refractivity contribution >= 4 is 5.91 Å². The van der Waals surface area contributed by atoms with Crippen molar-refractivity contribution in [1.82, 2.24) is 19.9 Å². The average Bonchev–Trinajstić information content (AvgIpc) is 3.15. The van der Waals surface area contributed by atoms with Gasteiger partial charge in [0, 0.05) is 30.7 Å². The Morgan fingerprint density at radius 3 is 2.65 bits per heavy atom. The van der Waals surface area contributed by atoms with Gasteiger partial charge in [-0.3, -0.25) is 9.36 Å². The lowest BCUT2D eigenvalue weighted by Gasteiger charge is -2.06. The van der Waals surface area contributed by atoms with Gasteiger partial charge in [0.25, 0.3) is 5.91 Å². The number of rotatable bonds is 4. The Kier molecular flexibility index (Phi) is 3.97. The van der Waals surface area contributed by atoms with E-state index in [1.165, 1.54) is 0 Å². The molecule has 0 bridgehead atoms. The first-order valence-electron chi connectivity index (χ1n) is 7.34. The fraction of sp³-hybridized carbons (Fsp3) is 0.235. The monoisotopic (exact) mass is 310 g/mol. The van der Waals surface area contributed by atoms with E-state index in [-0.39, 0.29) is 5.91 Å². The normalized spacial score (nSPS) is 10.7. The highest BCUT2D eigenvalue weighted by molar-refractivity contribution is 5.96. The maximum absolute atomic E-state index is 12.3. The van der Waals surface area contributed by atoms with Crippen molar-refractivity contribution in [1.29, 1.82) is 0 Å². The summed E-state index contributed by atoms with van der Waals surface area (Å²) >= 11 is 0. The summed E-state index contributed by atoms with van der Waals surface area (Å²) in [5.41, 5.74) is 2.43. The molecule has 0 unspecified atom stereocenters. The molecule has 0 aliphatic heterocycles. The quantitative estimate of drug-likeness (QED) is 0.804. The molecule has 0 saturated carbocycles. The van der Waals surface area contributed by atoms with Crippen LogP contribution in [0.25, 0.3) is 5.82 Å². The Hall–Kier alpha value is -2.89. The maximum Gasteiger partial charge on any atom is 0.255 e.